The van der Waals surface area contributed by atoms with Gasteiger partial charge in [0.05, 0.1) is 13.0 Å². The van der Waals surface area contributed by atoms with E-state index in [1.165, 1.54) is 4.90 Å². The van der Waals surface area contributed by atoms with Crippen LogP contribution in [0.25, 0.3) is 0 Å². The highest BCUT2D eigenvalue weighted by Gasteiger charge is 2.10. The third kappa shape index (κ3) is 6.04. The van der Waals surface area contributed by atoms with Gasteiger partial charge in [0.1, 0.15) is 6.61 Å². The summed E-state index contributed by atoms with van der Waals surface area (Å²) >= 11 is 0. The van der Waals surface area contributed by atoms with Crippen molar-refractivity contribution in [1.29, 1.82) is 0 Å². The number of hydrogen-bond donors (Lipinski definition) is 0. The Bertz CT molecular complexity index is 199. The Morgan fingerprint density at radius 2 is 2.08 bits per heavy atom. The van der Waals surface area contributed by atoms with Crippen molar-refractivity contribution >= 4 is 11.7 Å². The number of ketones is 1. The summed E-state index contributed by atoms with van der Waals surface area (Å²) in [4.78, 5) is 23.4. The molecule has 0 aliphatic carbocycles. The van der Waals surface area contributed by atoms with Crippen LogP contribution in [0, 0.1) is 0 Å². The normalized spacial score (nSPS) is 9.38. The largest absolute Gasteiger partial charge is 0.370 e. The van der Waals surface area contributed by atoms with Crippen molar-refractivity contribution < 1.29 is 14.3 Å². The van der Waals surface area contributed by atoms with Gasteiger partial charge in [-0.25, -0.2) is 0 Å². The lowest BCUT2D eigenvalue weighted by molar-refractivity contribution is -0.135. The molecule has 4 heteroatoms. The maximum absolute atomic E-state index is 11.0. The van der Waals surface area contributed by atoms with Crippen molar-refractivity contribution in [1.82, 2.24) is 4.90 Å². The van der Waals surface area contributed by atoms with E-state index in [9.17, 15) is 9.59 Å². The van der Waals surface area contributed by atoms with Gasteiger partial charge in [0, 0.05) is 14.1 Å². The molecule has 0 saturated carbocycles. The van der Waals surface area contributed by atoms with E-state index in [2.05, 4.69) is 6.58 Å². The smallest absolute Gasteiger partial charge is 0.229 e. The third-order valence-corrected chi connectivity index (χ3v) is 1.35. The van der Waals surface area contributed by atoms with E-state index in [0.29, 0.717) is 6.61 Å². The first-order chi connectivity index (χ1) is 6.07. The number of rotatable bonds is 6. The van der Waals surface area contributed by atoms with Crippen molar-refractivity contribution in [2.45, 2.75) is 6.42 Å². The monoisotopic (exact) mass is 185 g/mol. The highest BCUT2D eigenvalue weighted by Crippen LogP contribution is 1.90. The first-order valence-electron chi connectivity index (χ1n) is 3.98. The van der Waals surface area contributed by atoms with Gasteiger partial charge in [0.2, 0.25) is 5.91 Å². The summed E-state index contributed by atoms with van der Waals surface area (Å²) < 4.78 is 4.89. The molecular formula is C9H15NO3. The summed E-state index contributed by atoms with van der Waals surface area (Å²) in [5.74, 6) is -0.409. The number of hydrogen-bond acceptors (Lipinski definition) is 3. The number of nitrogens with zero attached hydrogens (tertiary/aromatic N) is 1. The summed E-state index contributed by atoms with van der Waals surface area (Å²) in [5, 5.41) is 0. The van der Waals surface area contributed by atoms with Crippen LogP contribution in [0.2, 0.25) is 0 Å². The molecule has 0 aromatic carbocycles. The summed E-state index contributed by atoms with van der Waals surface area (Å²) in [5.41, 5.74) is 0. The fraction of sp³-hybridized carbons (Fsp3) is 0.556. The maximum atomic E-state index is 11.0. The minimum Gasteiger partial charge on any atom is -0.370 e. The number of carbonyl (C=O) groups excluding carboxylic acids is 2. The second kappa shape index (κ2) is 6.37. The molecule has 0 spiro atoms. The van der Waals surface area contributed by atoms with E-state index in [1.807, 2.05) is 0 Å². The molecule has 0 atom stereocenters. The summed E-state index contributed by atoms with van der Waals surface area (Å²) in [6.07, 6.45) is 1.46. The molecule has 74 valence electrons. The van der Waals surface area contributed by atoms with Gasteiger partial charge < -0.3 is 9.64 Å². The third-order valence-electron chi connectivity index (χ3n) is 1.35. The molecule has 1 amide bonds. The Balaban J connectivity index is 3.62. The summed E-state index contributed by atoms with van der Waals surface area (Å²) in [6.45, 7) is 3.75. The fourth-order valence-corrected chi connectivity index (χ4v) is 0.634. The Morgan fingerprint density at radius 1 is 1.46 bits per heavy atom. The van der Waals surface area contributed by atoms with Crippen LogP contribution in [0.3, 0.4) is 0 Å². The van der Waals surface area contributed by atoms with E-state index in [4.69, 9.17) is 4.74 Å². The van der Waals surface area contributed by atoms with Gasteiger partial charge in [-0.1, -0.05) is 6.08 Å². The predicted octanol–water partition coefficient (Wildman–Crippen LogP) is 0.236. The van der Waals surface area contributed by atoms with Crippen LogP contribution in [0.1, 0.15) is 6.42 Å². The molecule has 0 saturated heterocycles. The van der Waals surface area contributed by atoms with E-state index >= 15 is 0 Å². The zero-order valence-electron chi connectivity index (χ0n) is 8.08. The van der Waals surface area contributed by atoms with E-state index in [0.717, 1.165) is 0 Å². The molecule has 0 heterocycles. The SMILES string of the molecule is C=CCOCC(=O)CC(=O)N(C)C. The Morgan fingerprint density at radius 3 is 2.54 bits per heavy atom. The molecule has 13 heavy (non-hydrogen) atoms. The Labute approximate surface area is 78.2 Å². The van der Waals surface area contributed by atoms with E-state index in [-0.39, 0.29) is 24.7 Å². The quantitative estimate of drug-likeness (QED) is 0.338. The zero-order chi connectivity index (χ0) is 10.3. The average molecular weight is 185 g/mol. The van der Waals surface area contributed by atoms with Gasteiger partial charge >= 0.3 is 0 Å². The van der Waals surface area contributed by atoms with Gasteiger partial charge in [-0.15, -0.1) is 6.58 Å². The Hall–Kier alpha value is -1.16. The lowest BCUT2D eigenvalue weighted by Crippen LogP contribution is -2.25. The fourth-order valence-electron chi connectivity index (χ4n) is 0.634. The van der Waals surface area contributed by atoms with Crippen LogP contribution in [0.4, 0.5) is 0 Å². The predicted molar refractivity (Wildman–Crippen MR) is 49.3 cm³/mol. The van der Waals surface area contributed by atoms with Crippen molar-refractivity contribution in [3.05, 3.63) is 12.7 Å². The van der Waals surface area contributed by atoms with Gasteiger partial charge in [0.25, 0.3) is 0 Å². The van der Waals surface area contributed by atoms with Gasteiger partial charge in [-0.05, 0) is 0 Å². The van der Waals surface area contributed by atoms with Crippen molar-refractivity contribution in [2.75, 3.05) is 27.3 Å². The van der Waals surface area contributed by atoms with Crippen LogP contribution in [-0.2, 0) is 14.3 Å². The van der Waals surface area contributed by atoms with Gasteiger partial charge in [-0.2, -0.15) is 0 Å². The molecule has 0 aromatic rings. The van der Waals surface area contributed by atoms with Crippen molar-refractivity contribution in [3.63, 3.8) is 0 Å². The number of amides is 1. The van der Waals surface area contributed by atoms with Crippen LogP contribution in [0.15, 0.2) is 12.7 Å². The number of Topliss-reactive ketones (excluding diaryl/α,β-unsaturated/α-hetero) is 1. The number of ether oxygens (including phenoxy) is 1. The molecule has 0 aliphatic heterocycles. The molecular weight excluding hydrogens is 170 g/mol. The molecule has 0 radical (unpaired) electrons. The molecule has 0 aromatic heterocycles. The molecule has 0 bridgehead atoms. The van der Waals surface area contributed by atoms with E-state index in [1.54, 1.807) is 20.2 Å². The maximum Gasteiger partial charge on any atom is 0.229 e. The summed E-state index contributed by atoms with van der Waals surface area (Å²) in [6, 6.07) is 0. The second-order valence-corrected chi connectivity index (χ2v) is 2.81. The molecule has 0 aliphatic rings. The first-order valence-corrected chi connectivity index (χ1v) is 3.98. The van der Waals surface area contributed by atoms with Crippen molar-refractivity contribution in [2.24, 2.45) is 0 Å². The molecule has 0 unspecified atom stereocenters. The van der Waals surface area contributed by atoms with Gasteiger partial charge in [0.15, 0.2) is 5.78 Å². The molecule has 0 N–H and O–H groups in total. The van der Waals surface area contributed by atoms with Crippen LogP contribution in [-0.4, -0.2) is 43.9 Å². The minimum absolute atomic E-state index is 0.0222. The molecule has 4 nitrogen and oxygen atoms in total. The molecule has 0 fully saturated rings. The van der Waals surface area contributed by atoms with Crippen LogP contribution >= 0.6 is 0 Å². The lowest BCUT2D eigenvalue weighted by Gasteiger charge is -2.08. The second-order valence-electron chi connectivity index (χ2n) is 2.81. The standard InChI is InChI=1S/C9H15NO3/c1-4-5-13-7-8(11)6-9(12)10(2)3/h4H,1,5-7H2,2-3H3. The number of carbonyl (C=O) groups is 2. The minimum atomic E-state index is -0.208. The van der Waals surface area contributed by atoms with Gasteiger partial charge in [-0.3, -0.25) is 9.59 Å². The summed E-state index contributed by atoms with van der Waals surface area (Å²) in [7, 11) is 3.22. The van der Waals surface area contributed by atoms with Crippen molar-refractivity contribution in [3.8, 4) is 0 Å². The molecule has 0 rings (SSSR count). The lowest BCUT2D eigenvalue weighted by atomic mass is 10.3. The zero-order valence-corrected chi connectivity index (χ0v) is 8.08. The van der Waals surface area contributed by atoms with Crippen LogP contribution in [0.5, 0.6) is 0 Å². The Kier molecular flexibility index (Phi) is 5.80. The average Bonchev–Trinajstić information content (AvgIpc) is 2.04. The highest BCUT2D eigenvalue weighted by atomic mass is 16.5. The topological polar surface area (TPSA) is 46.6 Å². The first kappa shape index (κ1) is 11.8. The van der Waals surface area contributed by atoms with Crippen LogP contribution < -0.4 is 0 Å². The highest BCUT2D eigenvalue weighted by molar-refractivity contribution is 5.98. The van der Waals surface area contributed by atoms with E-state index < -0.39 is 0 Å².